The molecule has 32 heavy (non-hydrogen) atoms. The topological polar surface area (TPSA) is 32.3 Å². The average molecular weight is 443 g/mol. The van der Waals surface area contributed by atoms with E-state index in [2.05, 4.69) is 40.0 Å². The van der Waals surface area contributed by atoms with Crippen LogP contribution in [0.25, 0.3) is 11.1 Å². The number of benzene rings is 4. The minimum absolute atomic E-state index is 0.258. The van der Waals surface area contributed by atoms with Crippen molar-refractivity contribution in [2.75, 3.05) is 16.2 Å². The summed E-state index contributed by atoms with van der Waals surface area (Å²) in [5, 5.41) is 0. The minimum atomic E-state index is -1.39. The molecule has 0 saturated carbocycles. The molecule has 0 aromatic heterocycles. The number of nitrogens with zero attached hydrogens (tertiary/aromatic N) is 1. The first-order valence-corrected chi connectivity index (χ1v) is 11.8. The molecule has 1 aliphatic rings. The quantitative estimate of drug-likeness (QED) is 0.372. The molecular weight excluding hydrogens is 419 g/mol. The summed E-state index contributed by atoms with van der Waals surface area (Å²) in [6, 6.07) is 30.4. The summed E-state index contributed by atoms with van der Waals surface area (Å²) in [4.78, 5) is 3.01. The Morgan fingerprint density at radius 1 is 0.812 bits per heavy atom. The first-order valence-electron chi connectivity index (χ1n) is 10.7. The summed E-state index contributed by atoms with van der Waals surface area (Å²) < 4.78 is 29.2. The third kappa shape index (κ3) is 4.30. The molecule has 1 aliphatic heterocycles. The van der Waals surface area contributed by atoms with E-state index in [1.165, 1.54) is 23.4 Å². The molecule has 5 rings (SSSR count). The molecule has 0 spiro atoms. The van der Waals surface area contributed by atoms with Gasteiger partial charge in [0, 0.05) is 23.6 Å². The summed E-state index contributed by atoms with van der Waals surface area (Å²) in [5.41, 5.74) is 6.38. The zero-order chi connectivity index (χ0) is 21.9. The molecule has 3 nitrogen and oxygen atoms in total. The molecule has 0 radical (unpaired) electrons. The van der Waals surface area contributed by atoms with Crippen LogP contribution < -0.4 is 9.62 Å². The van der Waals surface area contributed by atoms with Gasteiger partial charge in [0.1, 0.15) is 16.8 Å². The zero-order valence-corrected chi connectivity index (χ0v) is 18.3. The summed E-state index contributed by atoms with van der Waals surface area (Å²) >= 11 is 0. The van der Waals surface area contributed by atoms with Gasteiger partial charge in [-0.05, 0) is 78.1 Å². The predicted molar refractivity (Wildman–Crippen MR) is 130 cm³/mol. The van der Waals surface area contributed by atoms with Crippen LogP contribution in [-0.4, -0.2) is 10.8 Å². The van der Waals surface area contributed by atoms with Gasteiger partial charge in [0.15, 0.2) is 0 Å². The van der Waals surface area contributed by atoms with Crippen molar-refractivity contribution in [1.82, 2.24) is 0 Å². The van der Waals surface area contributed by atoms with Crippen LogP contribution in [0.2, 0.25) is 0 Å². The Morgan fingerprint density at radius 3 is 2.31 bits per heavy atom. The van der Waals surface area contributed by atoms with Crippen LogP contribution in [0, 0.1) is 5.82 Å². The molecule has 0 saturated heterocycles. The molecule has 160 valence electrons. The third-order valence-corrected chi connectivity index (χ3v) is 6.85. The van der Waals surface area contributed by atoms with Gasteiger partial charge in [-0.25, -0.2) is 8.60 Å². The van der Waals surface area contributed by atoms with Crippen molar-refractivity contribution in [3.63, 3.8) is 0 Å². The Bertz CT molecular complexity index is 1260. The number of rotatable bonds is 5. The van der Waals surface area contributed by atoms with E-state index in [1.54, 1.807) is 12.1 Å². The molecule has 1 N–H and O–H groups in total. The second-order valence-electron chi connectivity index (χ2n) is 7.84. The third-order valence-electron chi connectivity index (χ3n) is 5.72. The number of para-hydroxylation sites is 1. The lowest BCUT2D eigenvalue weighted by Crippen LogP contribution is -2.24. The van der Waals surface area contributed by atoms with Gasteiger partial charge in [-0.2, -0.15) is 0 Å². The number of hydrogen-bond acceptors (Lipinski definition) is 2. The van der Waals surface area contributed by atoms with Crippen LogP contribution in [0.1, 0.15) is 12.0 Å². The van der Waals surface area contributed by atoms with Crippen LogP contribution in [0.15, 0.2) is 102 Å². The fraction of sp³-hybridized carbons (Fsp3) is 0.111. The molecule has 4 aromatic rings. The molecule has 0 bridgehead atoms. The van der Waals surface area contributed by atoms with Crippen molar-refractivity contribution in [2.24, 2.45) is 0 Å². The molecular formula is C27H23FN2OS. The molecule has 1 unspecified atom stereocenters. The fourth-order valence-corrected chi connectivity index (χ4v) is 4.96. The second kappa shape index (κ2) is 8.97. The number of hydrogen-bond donors (Lipinski definition) is 1. The van der Waals surface area contributed by atoms with E-state index in [0.717, 1.165) is 41.9 Å². The average Bonchev–Trinajstić information content (AvgIpc) is 2.84. The highest BCUT2D eigenvalue weighted by Gasteiger charge is 2.18. The molecule has 0 amide bonds. The van der Waals surface area contributed by atoms with E-state index < -0.39 is 11.0 Å². The van der Waals surface area contributed by atoms with E-state index in [-0.39, 0.29) is 5.82 Å². The van der Waals surface area contributed by atoms with E-state index >= 15 is 0 Å². The standard InChI is InChI=1S/C27H23FN2OS/c28-23-14-10-20(11-15-23)21-12-16-26(17-13-21)32(31)29-24-7-3-8-25(19-24)30-18-4-6-22-5-1-2-9-27(22)30/h1-3,5,7-17,19,29H,4,6,18H2. The lowest BCUT2D eigenvalue weighted by Gasteiger charge is -2.31. The maximum absolute atomic E-state index is 13.1. The predicted octanol–water partition coefficient (Wildman–Crippen LogP) is 6.71. The Morgan fingerprint density at radius 2 is 1.53 bits per heavy atom. The number of aryl methyl sites for hydroxylation is 1. The smallest absolute Gasteiger partial charge is 0.150 e. The van der Waals surface area contributed by atoms with Crippen LogP contribution in [0.4, 0.5) is 21.5 Å². The normalized spacial score (nSPS) is 14.0. The van der Waals surface area contributed by atoms with Gasteiger partial charge < -0.3 is 9.62 Å². The van der Waals surface area contributed by atoms with E-state index in [1.807, 2.05) is 42.5 Å². The number of fused-ring (bicyclic) bond motifs is 1. The molecule has 5 heteroatoms. The summed E-state index contributed by atoms with van der Waals surface area (Å²) in [5.74, 6) is -0.258. The SMILES string of the molecule is O=S(Nc1cccc(N2CCCc3ccccc32)c1)c1ccc(-c2ccc(F)cc2)cc1. The number of halogens is 1. The Hall–Kier alpha value is -3.44. The van der Waals surface area contributed by atoms with Gasteiger partial charge in [-0.1, -0.05) is 48.5 Å². The zero-order valence-electron chi connectivity index (χ0n) is 17.5. The Labute approximate surface area is 190 Å². The fourth-order valence-electron chi connectivity index (χ4n) is 4.12. The van der Waals surface area contributed by atoms with E-state index in [9.17, 15) is 8.60 Å². The van der Waals surface area contributed by atoms with E-state index in [4.69, 9.17) is 0 Å². The minimum Gasteiger partial charge on any atom is -0.341 e. The first-order chi connectivity index (χ1) is 15.7. The summed E-state index contributed by atoms with van der Waals surface area (Å²) in [7, 11) is -1.39. The van der Waals surface area contributed by atoms with Crippen LogP contribution >= 0.6 is 0 Å². The largest absolute Gasteiger partial charge is 0.341 e. The van der Waals surface area contributed by atoms with Gasteiger partial charge in [-0.3, -0.25) is 0 Å². The lowest BCUT2D eigenvalue weighted by atomic mass is 10.0. The van der Waals surface area contributed by atoms with Crippen molar-refractivity contribution in [1.29, 1.82) is 0 Å². The maximum Gasteiger partial charge on any atom is 0.150 e. The molecule has 1 heterocycles. The van der Waals surface area contributed by atoms with Crippen molar-refractivity contribution in [3.8, 4) is 11.1 Å². The van der Waals surface area contributed by atoms with Crippen LogP contribution in [-0.2, 0) is 17.4 Å². The van der Waals surface area contributed by atoms with Crippen molar-refractivity contribution in [3.05, 3.63) is 108 Å². The van der Waals surface area contributed by atoms with Crippen LogP contribution in [0.5, 0.6) is 0 Å². The Kier molecular flexibility index (Phi) is 5.73. The molecule has 4 aromatic carbocycles. The van der Waals surface area contributed by atoms with Gasteiger partial charge in [0.25, 0.3) is 0 Å². The van der Waals surface area contributed by atoms with Crippen molar-refractivity contribution < 1.29 is 8.60 Å². The van der Waals surface area contributed by atoms with Gasteiger partial charge in [-0.15, -0.1) is 0 Å². The summed E-state index contributed by atoms with van der Waals surface area (Å²) in [6.45, 7) is 0.967. The number of nitrogens with one attached hydrogen (secondary N) is 1. The molecule has 1 atom stereocenters. The van der Waals surface area contributed by atoms with E-state index in [0.29, 0.717) is 4.90 Å². The van der Waals surface area contributed by atoms with Crippen molar-refractivity contribution >= 4 is 28.0 Å². The highest BCUT2D eigenvalue weighted by atomic mass is 32.2. The second-order valence-corrected chi connectivity index (χ2v) is 9.05. The lowest BCUT2D eigenvalue weighted by molar-refractivity contribution is 0.628. The highest BCUT2D eigenvalue weighted by Crippen LogP contribution is 2.34. The van der Waals surface area contributed by atoms with Crippen LogP contribution in [0.3, 0.4) is 0 Å². The monoisotopic (exact) mass is 442 g/mol. The van der Waals surface area contributed by atoms with Gasteiger partial charge in [0.05, 0.1) is 4.90 Å². The highest BCUT2D eigenvalue weighted by molar-refractivity contribution is 7.86. The van der Waals surface area contributed by atoms with Gasteiger partial charge in [0.2, 0.25) is 0 Å². The Balaban J connectivity index is 1.33. The molecule has 0 aliphatic carbocycles. The number of anilines is 3. The first kappa shape index (κ1) is 20.5. The molecule has 0 fully saturated rings. The summed E-state index contributed by atoms with van der Waals surface area (Å²) in [6.07, 6.45) is 2.21. The van der Waals surface area contributed by atoms with Gasteiger partial charge >= 0.3 is 0 Å². The van der Waals surface area contributed by atoms with Crippen molar-refractivity contribution in [2.45, 2.75) is 17.7 Å². The maximum atomic E-state index is 13.1.